The number of aromatic amines is 2. The van der Waals surface area contributed by atoms with E-state index in [-0.39, 0.29) is 17.6 Å². The molecule has 2 aromatic heterocycles. The summed E-state index contributed by atoms with van der Waals surface area (Å²) in [7, 11) is 3.22. The third kappa shape index (κ3) is 4.05. The van der Waals surface area contributed by atoms with Crippen LogP contribution in [0.2, 0.25) is 0 Å². The third-order valence-corrected chi connectivity index (χ3v) is 6.29. The van der Waals surface area contributed by atoms with Crippen LogP contribution in [0.3, 0.4) is 0 Å². The lowest BCUT2D eigenvalue weighted by molar-refractivity contribution is 0.0947. The van der Waals surface area contributed by atoms with Gasteiger partial charge in [0.05, 0.1) is 14.2 Å². The van der Waals surface area contributed by atoms with E-state index in [0.29, 0.717) is 40.6 Å². The molecule has 0 saturated heterocycles. The number of carbonyl (C=O) groups excluding carboxylic acids is 2. The Bertz CT molecular complexity index is 1370. The first-order valence-electron chi connectivity index (χ1n) is 11.1. The summed E-state index contributed by atoms with van der Waals surface area (Å²) in [5, 5.41) is 4.13. The molecule has 0 aliphatic carbocycles. The standard InChI is InChI=1S/C27H29N3O4/c1-15-24(17(3)31)16(2)30-25(15)27(32)29-14-21(19-10-8-12-23(33-4)26(19)34-5)20-13-28-22-11-7-6-9-18(20)22/h6-13,21,28,30H,14H2,1-5H3,(H,29,32). The van der Waals surface area contributed by atoms with E-state index in [1.165, 1.54) is 6.92 Å². The molecular formula is C27H29N3O4. The molecule has 2 aromatic carbocycles. The van der Waals surface area contributed by atoms with Crippen LogP contribution < -0.4 is 14.8 Å². The molecule has 0 aliphatic heterocycles. The number of benzene rings is 2. The summed E-state index contributed by atoms with van der Waals surface area (Å²) in [6, 6.07) is 13.8. The van der Waals surface area contributed by atoms with Crippen LogP contribution >= 0.6 is 0 Å². The lowest BCUT2D eigenvalue weighted by Crippen LogP contribution is -2.30. The summed E-state index contributed by atoms with van der Waals surface area (Å²) in [6.07, 6.45) is 1.97. The van der Waals surface area contributed by atoms with E-state index in [0.717, 1.165) is 22.0 Å². The Morgan fingerprint density at radius 3 is 2.44 bits per heavy atom. The number of amides is 1. The van der Waals surface area contributed by atoms with Gasteiger partial charge >= 0.3 is 0 Å². The lowest BCUT2D eigenvalue weighted by Gasteiger charge is -2.22. The minimum absolute atomic E-state index is 0.0666. The number of para-hydroxylation sites is 2. The largest absolute Gasteiger partial charge is 0.493 e. The van der Waals surface area contributed by atoms with Crippen LogP contribution in [0.4, 0.5) is 0 Å². The number of methoxy groups -OCH3 is 2. The van der Waals surface area contributed by atoms with E-state index in [2.05, 4.69) is 21.4 Å². The molecule has 0 spiro atoms. The molecule has 0 bridgehead atoms. The quantitative estimate of drug-likeness (QED) is 0.327. The van der Waals surface area contributed by atoms with Crippen molar-refractivity contribution in [1.82, 2.24) is 15.3 Å². The van der Waals surface area contributed by atoms with Crippen LogP contribution in [0.15, 0.2) is 48.7 Å². The van der Waals surface area contributed by atoms with Crippen LogP contribution in [0.25, 0.3) is 10.9 Å². The molecule has 1 amide bonds. The van der Waals surface area contributed by atoms with Crippen molar-refractivity contribution >= 4 is 22.6 Å². The predicted molar refractivity (Wildman–Crippen MR) is 132 cm³/mol. The fraction of sp³-hybridized carbons (Fsp3) is 0.259. The molecule has 7 nitrogen and oxygen atoms in total. The number of hydrogen-bond donors (Lipinski definition) is 3. The number of aryl methyl sites for hydroxylation is 1. The highest BCUT2D eigenvalue weighted by molar-refractivity contribution is 6.02. The molecule has 4 aromatic rings. The number of H-pyrrole nitrogens is 2. The number of rotatable bonds is 8. The summed E-state index contributed by atoms with van der Waals surface area (Å²) < 4.78 is 11.2. The molecule has 4 rings (SSSR count). The molecule has 34 heavy (non-hydrogen) atoms. The highest BCUT2D eigenvalue weighted by Gasteiger charge is 2.26. The molecule has 0 radical (unpaired) electrons. The Morgan fingerprint density at radius 2 is 1.76 bits per heavy atom. The van der Waals surface area contributed by atoms with Gasteiger partial charge in [0.25, 0.3) is 5.91 Å². The highest BCUT2D eigenvalue weighted by atomic mass is 16.5. The maximum Gasteiger partial charge on any atom is 0.268 e. The van der Waals surface area contributed by atoms with Gasteiger partial charge in [0.1, 0.15) is 5.69 Å². The zero-order valence-electron chi connectivity index (χ0n) is 20.0. The summed E-state index contributed by atoms with van der Waals surface area (Å²) >= 11 is 0. The smallest absolute Gasteiger partial charge is 0.268 e. The van der Waals surface area contributed by atoms with Gasteiger partial charge in [-0.15, -0.1) is 0 Å². The Labute approximate surface area is 198 Å². The van der Waals surface area contributed by atoms with E-state index in [9.17, 15) is 9.59 Å². The Balaban J connectivity index is 1.74. The number of nitrogens with one attached hydrogen (secondary N) is 3. The van der Waals surface area contributed by atoms with Gasteiger partial charge < -0.3 is 24.8 Å². The molecule has 0 saturated carbocycles. The van der Waals surface area contributed by atoms with Crippen molar-refractivity contribution in [2.45, 2.75) is 26.7 Å². The summed E-state index contributed by atoms with van der Waals surface area (Å²) in [6.45, 7) is 5.41. The Morgan fingerprint density at radius 1 is 1.00 bits per heavy atom. The van der Waals surface area contributed by atoms with E-state index in [4.69, 9.17) is 9.47 Å². The lowest BCUT2D eigenvalue weighted by atomic mass is 9.89. The molecule has 1 unspecified atom stereocenters. The molecule has 176 valence electrons. The van der Waals surface area contributed by atoms with Crippen molar-refractivity contribution in [2.24, 2.45) is 0 Å². The highest BCUT2D eigenvalue weighted by Crippen LogP contribution is 2.40. The van der Waals surface area contributed by atoms with E-state index >= 15 is 0 Å². The first-order valence-corrected chi connectivity index (χ1v) is 11.1. The number of aromatic nitrogens is 2. The SMILES string of the molecule is COc1cccc(C(CNC(=O)c2[nH]c(C)c(C(C)=O)c2C)c2c[nH]c3ccccc23)c1OC. The average molecular weight is 460 g/mol. The van der Waals surface area contributed by atoms with Crippen molar-refractivity contribution in [2.75, 3.05) is 20.8 Å². The third-order valence-electron chi connectivity index (χ3n) is 6.29. The zero-order chi connectivity index (χ0) is 24.4. The van der Waals surface area contributed by atoms with E-state index in [1.807, 2.05) is 42.6 Å². The fourth-order valence-corrected chi connectivity index (χ4v) is 4.74. The maximum atomic E-state index is 13.2. The van der Waals surface area contributed by atoms with Crippen molar-refractivity contribution in [3.8, 4) is 11.5 Å². The van der Waals surface area contributed by atoms with Crippen molar-refractivity contribution in [3.63, 3.8) is 0 Å². The number of ketones is 1. The molecular weight excluding hydrogens is 430 g/mol. The average Bonchev–Trinajstić information content (AvgIpc) is 3.39. The second-order valence-electron chi connectivity index (χ2n) is 8.32. The predicted octanol–water partition coefficient (Wildman–Crippen LogP) is 4.89. The van der Waals surface area contributed by atoms with Crippen molar-refractivity contribution < 1.29 is 19.1 Å². The second kappa shape index (κ2) is 9.47. The van der Waals surface area contributed by atoms with Crippen LogP contribution in [0.5, 0.6) is 11.5 Å². The molecule has 0 fully saturated rings. The first-order chi connectivity index (χ1) is 16.4. The minimum Gasteiger partial charge on any atom is -0.493 e. The van der Waals surface area contributed by atoms with Gasteiger partial charge in [0.2, 0.25) is 0 Å². The van der Waals surface area contributed by atoms with Gasteiger partial charge in [-0.25, -0.2) is 0 Å². The van der Waals surface area contributed by atoms with E-state index in [1.54, 1.807) is 28.1 Å². The van der Waals surface area contributed by atoms with E-state index < -0.39 is 0 Å². The van der Waals surface area contributed by atoms with Gasteiger partial charge in [-0.1, -0.05) is 30.3 Å². The summed E-state index contributed by atoms with van der Waals surface area (Å²) in [5.41, 5.74) is 5.26. The van der Waals surface area contributed by atoms with Gasteiger partial charge in [0.15, 0.2) is 17.3 Å². The number of fused-ring (bicyclic) bond motifs is 1. The number of ether oxygens (including phenoxy) is 2. The van der Waals surface area contributed by atoms with Crippen LogP contribution in [-0.2, 0) is 0 Å². The zero-order valence-corrected chi connectivity index (χ0v) is 20.0. The number of carbonyl (C=O) groups is 2. The monoisotopic (exact) mass is 459 g/mol. The summed E-state index contributed by atoms with van der Waals surface area (Å²) in [5.74, 6) is 0.704. The molecule has 0 aliphatic rings. The second-order valence-corrected chi connectivity index (χ2v) is 8.32. The van der Waals surface area contributed by atoms with Crippen LogP contribution in [0, 0.1) is 13.8 Å². The molecule has 7 heteroatoms. The first kappa shape index (κ1) is 23.2. The van der Waals surface area contributed by atoms with Crippen LogP contribution in [0.1, 0.15) is 56.1 Å². The summed E-state index contributed by atoms with van der Waals surface area (Å²) in [4.78, 5) is 31.6. The van der Waals surface area contributed by atoms with Gasteiger partial charge in [-0.2, -0.15) is 0 Å². The number of Topliss-reactive ketones (excluding diaryl/α,β-unsaturated/α-hetero) is 1. The fourth-order valence-electron chi connectivity index (χ4n) is 4.74. The molecule has 2 heterocycles. The maximum absolute atomic E-state index is 13.2. The van der Waals surface area contributed by atoms with Crippen molar-refractivity contribution in [3.05, 3.63) is 82.3 Å². The topological polar surface area (TPSA) is 96.2 Å². The van der Waals surface area contributed by atoms with Crippen LogP contribution in [-0.4, -0.2) is 42.4 Å². The minimum atomic E-state index is -0.264. The van der Waals surface area contributed by atoms with Gasteiger partial charge in [-0.05, 0) is 44.0 Å². The van der Waals surface area contributed by atoms with Gasteiger partial charge in [0, 0.05) is 46.4 Å². The Kier molecular flexibility index (Phi) is 6.45. The van der Waals surface area contributed by atoms with Crippen molar-refractivity contribution in [1.29, 1.82) is 0 Å². The normalized spacial score (nSPS) is 11.9. The molecule has 1 atom stereocenters. The van der Waals surface area contributed by atoms with Gasteiger partial charge in [-0.3, -0.25) is 9.59 Å². The Hall–Kier alpha value is -4.00. The number of hydrogen-bond acceptors (Lipinski definition) is 4. The molecule has 3 N–H and O–H groups in total.